The van der Waals surface area contributed by atoms with Crippen LogP contribution in [0.3, 0.4) is 0 Å². The fourth-order valence-electron chi connectivity index (χ4n) is 5.41. The third-order valence-corrected chi connectivity index (χ3v) is 8.01. The Hall–Kier alpha value is -3.15. The number of carbonyl (C=O) groups is 2. The lowest BCUT2D eigenvalue weighted by Gasteiger charge is -2.29. The fourth-order valence-corrected chi connectivity index (χ4v) is 5.41. The normalized spacial score (nSPS) is 17.1. The molecule has 0 unspecified atom stereocenters. The first-order valence-electron chi connectivity index (χ1n) is 14.2. The Labute approximate surface area is 227 Å². The summed E-state index contributed by atoms with van der Waals surface area (Å²) in [7, 11) is 0. The van der Waals surface area contributed by atoms with Crippen LogP contribution in [0.15, 0.2) is 53.5 Å². The van der Waals surface area contributed by atoms with Crippen LogP contribution in [0.25, 0.3) is 11.1 Å². The number of amidine groups is 1. The molecule has 2 aromatic rings. The highest BCUT2D eigenvalue weighted by Crippen LogP contribution is 2.39. The summed E-state index contributed by atoms with van der Waals surface area (Å²) in [6.07, 6.45) is 9.43. The molecule has 1 fully saturated rings. The van der Waals surface area contributed by atoms with Gasteiger partial charge in [-0.2, -0.15) is 0 Å². The van der Waals surface area contributed by atoms with E-state index >= 15 is 0 Å². The van der Waals surface area contributed by atoms with E-state index in [1.165, 1.54) is 6.42 Å². The molecule has 204 valence electrons. The number of rotatable bonds is 12. The number of benzene rings is 2. The van der Waals surface area contributed by atoms with Crippen molar-refractivity contribution in [3.05, 3.63) is 54.1 Å². The Balaban J connectivity index is 1.35. The number of nitrogens with zero attached hydrogens (tertiary/aromatic N) is 2. The number of aliphatic imine (C=N–C) groups is 1. The molecule has 6 nitrogen and oxygen atoms in total. The lowest BCUT2D eigenvalue weighted by Crippen LogP contribution is -2.43. The average Bonchev–Trinajstić information content (AvgIpc) is 3.16. The minimum atomic E-state index is -0.780. The van der Waals surface area contributed by atoms with E-state index in [2.05, 4.69) is 31.2 Å². The van der Waals surface area contributed by atoms with Gasteiger partial charge in [0.15, 0.2) is 0 Å². The largest absolute Gasteiger partial charge is 0.494 e. The van der Waals surface area contributed by atoms with Gasteiger partial charge in [0.05, 0.1) is 18.6 Å². The smallest absolute Gasteiger partial charge is 0.309 e. The lowest BCUT2D eigenvalue weighted by molar-refractivity contribution is -0.147. The summed E-state index contributed by atoms with van der Waals surface area (Å²) in [6, 6.07) is 16.4. The molecule has 1 aliphatic heterocycles. The van der Waals surface area contributed by atoms with Crippen molar-refractivity contribution >= 4 is 17.7 Å². The van der Waals surface area contributed by atoms with Crippen molar-refractivity contribution < 1.29 is 19.4 Å². The molecular weight excluding hydrogens is 476 g/mol. The van der Waals surface area contributed by atoms with Crippen molar-refractivity contribution in [3.63, 3.8) is 0 Å². The van der Waals surface area contributed by atoms with Gasteiger partial charge in [-0.25, -0.2) is 0 Å². The van der Waals surface area contributed by atoms with Gasteiger partial charge in [-0.3, -0.25) is 19.5 Å². The number of hydrogen-bond donors (Lipinski definition) is 1. The van der Waals surface area contributed by atoms with Crippen LogP contribution in [0.2, 0.25) is 0 Å². The summed E-state index contributed by atoms with van der Waals surface area (Å²) in [5.74, 6) is 1.18. The second-order valence-electron chi connectivity index (χ2n) is 11.5. The zero-order valence-corrected chi connectivity index (χ0v) is 23.2. The molecule has 1 aliphatic carbocycles. The van der Waals surface area contributed by atoms with Crippen molar-refractivity contribution in [1.29, 1.82) is 0 Å². The van der Waals surface area contributed by atoms with Gasteiger partial charge in [-0.1, -0.05) is 69.0 Å². The van der Waals surface area contributed by atoms with Crippen LogP contribution in [-0.2, 0) is 16.1 Å². The van der Waals surface area contributed by atoms with E-state index in [1.54, 1.807) is 13.8 Å². The number of aliphatic carboxylic acids is 1. The third kappa shape index (κ3) is 6.46. The highest BCUT2D eigenvalue weighted by Gasteiger charge is 2.48. The zero-order chi connectivity index (χ0) is 27.2. The zero-order valence-electron chi connectivity index (χ0n) is 23.2. The van der Waals surface area contributed by atoms with E-state index in [4.69, 9.17) is 9.73 Å². The van der Waals surface area contributed by atoms with Gasteiger partial charge < -0.3 is 9.84 Å². The van der Waals surface area contributed by atoms with Gasteiger partial charge >= 0.3 is 5.97 Å². The maximum absolute atomic E-state index is 13.5. The average molecular weight is 519 g/mol. The van der Waals surface area contributed by atoms with E-state index in [9.17, 15) is 14.7 Å². The Morgan fingerprint density at radius 3 is 2.24 bits per heavy atom. The van der Waals surface area contributed by atoms with Crippen molar-refractivity contribution in [1.82, 2.24) is 4.90 Å². The van der Waals surface area contributed by atoms with Gasteiger partial charge in [0, 0.05) is 6.42 Å². The number of unbranched alkanes of at least 4 members (excludes halogenated alkanes) is 1. The summed E-state index contributed by atoms with van der Waals surface area (Å²) >= 11 is 0. The van der Waals surface area contributed by atoms with Crippen LogP contribution in [0.5, 0.6) is 5.75 Å². The second kappa shape index (κ2) is 12.1. The van der Waals surface area contributed by atoms with Crippen molar-refractivity contribution in [2.24, 2.45) is 10.4 Å². The first-order valence-corrected chi connectivity index (χ1v) is 14.2. The van der Waals surface area contributed by atoms with E-state index in [1.807, 2.05) is 29.2 Å². The molecule has 2 aromatic carbocycles. The molecule has 4 rings (SSSR count). The number of carbonyl (C=O) groups excluding carboxylic acids is 1. The molecule has 0 bridgehead atoms. The number of amides is 1. The summed E-state index contributed by atoms with van der Waals surface area (Å²) in [4.78, 5) is 31.8. The molecule has 1 saturated carbocycles. The lowest BCUT2D eigenvalue weighted by atomic mass is 9.82. The minimum Gasteiger partial charge on any atom is -0.494 e. The maximum Gasteiger partial charge on any atom is 0.309 e. The fraction of sp³-hybridized carbons (Fsp3) is 0.531. The third-order valence-electron chi connectivity index (χ3n) is 8.01. The molecule has 2 aliphatic rings. The molecule has 0 saturated heterocycles. The van der Waals surface area contributed by atoms with E-state index in [-0.39, 0.29) is 5.91 Å². The van der Waals surface area contributed by atoms with Crippen molar-refractivity contribution in [2.45, 2.75) is 97.1 Å². The van der Waals surface area contributed by atoms with Gasteiger partial charge in [0.2, 0.25) is 0 Å². The molecule has 0 radical (unpaired) electrons. The van der Waals surface area contributed by atoms with Crippen LogP contribution >= 0.6 is 0 Å². The number of ether oxygens (including phenoxy) is 1. The minimum absolute atomic E-state index is 0.203. The summed E-state index contributed by atoms with van der Waals surface area (Å²) in [6.45, 7) is 6.73. The summed E-state index contributed by atoms with van der Waals surface area (Å²) < 4.78 is 5.82. The quantitative estimate of drug-likeness (QED) is 0.300. The Kier molecular flexibility index (Phi) is 8.91. The van der Waals surface area contributed by atoms with Gasteiger partial charge in [0.1, 0.15) is 17.1 Å². The highest BCUT2D eigenvalue weighted by atomic mass is 16.5. The van der Waals surface area contributed by atoms with Crippen molar-refractivity contribution in [3.8, 4) is 16.9 Å². The molecule has 6 heteroatoms. The second-order valence-corrected chi connectivity index (χ2v) is 11.5. The molecule has 0 aromatic heterocycles. The van der Waals surface area contributed by atoms with Crippen LogP contribution < -0.4 is 4.74 Å². The predicted molar refractivity (Wildman–Crippen MR) is 151 cm³/mol. The molecular formula is C32H42N2O4. The van der Waals surface area contributed by atoms with Crippen LogP contribution in [-0.4, -0.2) is 39.9 Å². The topological polar surface area (TPSA) is 79.2 Å². The number of carboxylic acid groups (broad SMARTS) is 1. The molecule has 1 spiro atoms. The van der Waals surface area contributed by atoms with Crippen LogP contribution in [0, 0.1) is 5.41 Å². The van der Waals surface area contributed by atoms with Crippen LogP contribution in [0.1, 0.15) is 90.5 Å². The van der Waals surface area contributed by atoms with E-state index in [0.29, 0.717) is 26.0 Å². The molecule has 1 heterocycles. The number of hydrogen-bond acceptors (Lipinski definition) is 4. The van der Waals surface area contributed by atoms with Crippen LogP contribution in [0.4, 0.5) is 0 Å². The molecule has 38 heavy (non-hydrogen) atoms. The maximum atomic E-state index is 13.5. The Morgan fingerprint density at radius 2 is 1.63 bits per heavy atom. The number of carboxylic acids is 1. The van der Waals surface area contributed by atoms with E-state index in [0.717, 1.165) is 73.2 Å². The predicted octanol–water partition coefficient (Wildman–Crippen LogP) is 7.26. The first-order chi connectivity index (χ1) is 18.2. The first kappa shape index (κ1) is 27.9. The molecule has 1 amide bonds. The van der Waals surface area contributed by atoms with Crippen molar-refractivity contribution in [2.75, 3.05) is 6.61 Å². The SMILES string of the molecule is CCCCC1=NC2(CCCCC2)C(=O)N1Cc1ccc(-c2ccc(OCCCC(C)(C)C(=O)O)cc2)cc1. The standard InChI is InChI=1S/C32H42N2O4/c1-4-5-10-28-33-32(20-7-6-8-21-32)29(35)34(28)23-24-11-13-25(14-12-24)26-15-17-27(18-16-26)38-22-9-19-31(2,3)30(36)37/h11-18H,4-10,19-23H2,1-3H3,(H,36,37). The Morgan fingerprint density at radius 1 is 1.00 bits per heavy atom. The van der Waals surface area contributed by atoms with Gasteiger partial charge in [-0.05, 0) is 74.8 Å². The van der Waals surface area contributed by atoms with Gasteiger partial charge in [0.25, 0.3) is 5.91 Å². The monoisotopic (exact) mass is 518 g/mol. The Bertz CT molecular complexity index is 1130. The summed E-state index contributed by atoms with van der Waals surface area (Å²) in [5, 5.41) is 9.23. The van der Waals surface area contributed by atoms with E-state index < -0.39 is 16.9 Å². The van der Waals surface area contributed by atoms with Gasteiger partial charge in [-0.15, -0.1) is 0 Å². The summed E-state index contributed by atoms with van der Waals surface area (Å²) in [5.41, 5.74) is 2.09. The molecule has 0 atom stereocenters. The highest BCUT2D eigenvalue weighted by molar-refractivity contribution is 6.08. The molecule has 1 N–H and O–H groups in total.